The summed E-state index contributed by atoms with van der Waals surface area (Å²) in [6.07, 6.45) is 4.51. The minimum absolute atomic E-state index is 0.592. The van der Waals surface area contributed by atoms with Gasteiger partial charge in [0.05, 0.1) is 19.8 Å². The number of benzene rings is 1. The van der Waals surface area contributed by atoms with Gasteiger partial charge in [0.1, 0.15) is 11.5 Å². The summed E-state index contributed by atoms with van der Waals surface area (Å²) in [7, 11) is 3.33. The fourth-order valence-corrected chi connectivity index (χ4v) is 2.72. The second-order valence-corrected chi connectivity index (χ2v) is 4.82. The third kappa shape index (κ3) is 2.23. The maximum Gasteiger partial charge on any atom is 0.122 e. The Morgan fingerprint density at radius 3 is 2.44 bits per heavy atom. The highest BCUT2D eigenvalue weighted by Crippen LogP contribution is 2.40. The molecule has 0 aliphatic heterocycles. The summed E-state index contributed by atoms with van der Waals surface area (Å²) in [4.78, 5) is 0. The molecule has 3 nitrogen and oxygen atoms in total. The molecule has 3 heteroatoms. The van der Waals surface area contributed by atoms with Crippen LogP contribution >= 0.6 is 0 Å². The lowest BCUT2D eigenvalue weighted by Gasteiger charge is -2.34. The summed E-state index contributed by atoms with van der Waals surface area (Å²) >= 11 is 0. The molecule has 0 fully saturated rings. The number of rotatable bonds is 4. The Morgan fingerprint density at radius 2 is 1.89 bits per heavy atom. The van der Waals surface area contributed by atoms with Crippen LogP contribution in [-0.2, 0) is 12.8 Å². The van der Waals surface area contributed by atoms with Crippen LogP contribution in [0.15, 0.2) is 24.8 Å². The highest BCUT2D eigenvalue weighted by molar-refractivity contribution is 5.51. The summed E-state index contributed by atoms with van der Waals surface area (Å²) < 4.78 is 10.8. The summed E-state index contributed by atoms with van der Waals surface area (Å²) in [5, 5.41) is 10.5. The molecule has 1 atom stereocenters. The molecule has 0 amide bonds. The van der Waals surface area contributed by atoms with E-state index in [2.05, 4.69) is 6.58 Å². The third-order valence-electron chi connectivity index (χ3n) is 3.66. The second kappa shape index (κ2) is 5.02. The Balaban J connectivity index is 2.43. The molecule has 18 heavy (non-hydrogen) atoms. The molecule has 2 rings (SSSR count). The van der Waals surface area contributed by atoms with Gasteiger partial charge in [0.15, 0.2) is 0 Å². The number of hydrogen-bond acceptors (Lipinski definition) is 3. The van der Waals surface area contributed by atoms with Crippen LogP contribution in [0.1, 0.15) is 24.0 Å². The van der Waals surface area contributed by atoms with Crippen molar-refractivity contribution in [3.8, 4) is 11.5 Å². The average molecular weight is 248 g/mol. The van der Waals surface area contributed by atoms with Crippen molar-refractivity contribution in [1.82, 2.24) is 0 Å². The van der Waals surface area contributed by atoms with Gasteiger partial charge >= 0.3 is 0 Å². The van der Waals surface area contributed by atoms with E-state index in [1.54, 1.807) is 20.3 Å². The maximum atomic E-state index is 10.5. The van der Waals surface area contributed by atoms with Gasteiger partial charge in [-0.2, -0.15) is 0 Å². The SMILES string of the molecule is C=CCC1(O)CCc2c(OC)ccc(OC)c2C1. The molecule has 0 aromatic heterocycles. The quantitative estimate of drug-likeness (QED) is 0.832. The molecule has 0 saturated carbocycles. The molecule has 0 radical (unpaired) electrons. The van der Waals surface area contributed by atoms with Crippen LogP contribution in [0.25, 0.3) is 0 Å². The summed E-state index contributed by atoms with van der Waals surface area (Å²) in [6.45, 7) is 3.72. The van der Waals surface area contributed by atoms with Crippen molar-refractivity contribution < 1.29 is 14.6 Å². The normalized spacial score (nSPS) is 22.2. The molecule has 0 saturated heterocycles. The fraction of sp³-hybridized carbons (Fsp3) is 0.467. The molecule has 1 N–H and O–H groups in total. The van der Waals surface area contributed by atoms with E-state index in [9.17, 15) is 5.11 Å². The molecule has 1 aliphatic carbocycles. The zero-order valence-corrected chi connectivity index (χ0v) is 11.0. The largest absolute Gasteiger partial charge is 0.496 e. The van der Waals surface area contributed by atoms with Crippen LogP contribution in [0.3, 0.4) is 0 Å². The van der Waals surface area contributed by atoms with Gasteiger partial charge in [0.25, 0.3) is 0 Å². The Labute approximate surface area is 108 Å². The zero-order valence-electron chi connectivity index (χ0n) is 11.0. The average Bonchev–Trinajstić information content (AvgIpc) is 2.37. The minimum atomic E-state index is -0.700. The Kier molecular flexibility index (Phi) is 3.62. The number of aliphatic hydroxyl groups is 1. The Hall–Kier alpha value is -1.48. The molecule has 0 bridgehead atoms. The van der Waals surface area contributed by atoms with Crippen LogP contribution in [0.2, 0.25) is 0 Å². The van der Waals surface area contributed by atoms with Gasteiger partial charge in [-0.15, -0.1) is 6.58 Å². The van der Waals surface area contributed by atoms with Crippen LogP contribution in [0, 0.1) is 0 Å². The molecule has 0 spiro atoms. The van der Waals surface area contributed by atoms with Crippen molar-refractivity contribution in [2.24, 2.45) is 0 Å². The van der Waals surface area contributed by atoms with Crippen molar-refractivity contribution in [1.29, 1.82) is 0 Å². The molecule has 1 aromatic rings. The van der Waals surface area contributed by atoms with E-state index in [0.717, 1.165) is 35.5 Å². The van der Waals surface area contributed by atoms with Gasteiger partial charge in [-0.25, -0.2) is 0 Å². The maximum absolute atomic E-state index is 10.5. The van der Waals surface area contributed by atoms with Crippen molar-refractivity contribution in [2.75, 3.05) is 14.2 Å². The standard InChI is InChI=1S/C15H20O3/c1-4-8-15(16)9-7-11-12(10-15)14(18-3)6-5-13(11)17-2/h4-6,16H,1,7-10H2,2-3H3. The molecular formula is C15H20O3. The topological polar surface area (TPSA) is 38.7 Å². The predicted molar refractivity (Wildman–Crippen MR) is 71.3 cm³/mol. The third-order valence-corrected chi connectivity index (χ3v) is 3.66. The van der Waals surface area contributed by atoms with Crippen molar-refractivity contribution in [2.45, 2.75) is 31.3 Å². The summed E-state index contributed by atoms with van der Waals surface area (Å²) in [5.74, 6) is 1.71. The van der Waals surface area contributed by atoms with E-state index in [-0.39, 0.29) is 0 Å². The van der Waals surface area contributed by atoms with Gasteiger partial charge in [-0.1, -0.05) is 6.08 Å². The van der Waals surface area contributed by atoms with E-state index in [1.807, 2.05) is 12.1 Å². The Morgan fingerprint density at radius 1 is 1.28 bits per heavy atom. The molecule has 1 unspecified atom stereocenters. The van der Waals surface area contributed by atoms with E-state index in [1.165, 1.54) is 0 Å². The highest BCUT2D eigenvalue weighted by Gasteiger charge is 2.34. The van der Waals surface area contributed by atoms with Gasteiger partial charge < -0.3 is 14.6 Å². The first-order valence-corrected chi connectivity index (χ1v) is 6.19. The first kappa shape index (κ1) is 13.0. The van der Waals surface area contributed by atoms with Crippen LogP contribution in [0.5, 0.6) is 11.5 Å². The van der Waals surface area contributed by atoms with Crippen LogP contribution < -0.4 is 9.47 Å². The summed E-state index contributed by atoms with van der Waals surface area (Å²) in [5.41, 5.74) is 1.52. The minimum Gasteiger partial charge on any atom is -0.496 e. The van der Waals surface area contributed by atoms with E-state index in [0.29, 0.717) is 12.8 Å². The molecule has 1 aromatic carbocycles. The first-order chi connectivity index (χ1) is 8.63. The van der Waals surface area contributed by atoms with Crippen molar-refractivity contribution >= 4 is 0 Å². The number of ether oxygens (including phenoxy) is 2. The highest BCUT2D eigenvalue weighted by atomic mass is 16.5. The van der Waals surface area contributed by atoms with E-state index in [4.69, 9.17) is 9.47 Å². The number of hydrogen-bond donors (Lipinski definition) is 1. The predicted octanol–water partition coefficient (Wildman–Crippen LogP) is 2.50. The summed E-state index contributed by atoms with van der Waals surface area (Å²) in [6, 6.07) is 3.83. The number of methoxy groups -OCH3 is 2. The van der Waals surface area contributed by atoms with Gasteiger partial charge in [0.2, 0.25) is 0 Å². The van der Waals surface area contributed by atoms with E-state index < -0.39 is 5.60 Å². The van der Waals surface area contributed by atoms with Crippen molar-refractivity contribution in [3.63, 3.8) is 0 Å². The fourth-order valence-electron chi connectivity index (χ4n) is 2.72. The Bertz CT molecular complexity index is 453. The zero-order chi connectivity index (χ0) is 13.2. The van der Waals surface area contributed by atoms with Crippen LogP contribution in [0.4, 0.5) is 0 Å². The monoisotopic (exact) mass is 248 g/mol. The van der Waals surface area contributed by atoms with Crippen LogP contribution in [-0.4, -0.2) is 24.9 Å². The second-order valence-electron chi connectivity index (χ2n) is 4.82. The molecule has 0 heterocycles. The molecular weight excluding hydrogens is 228 g/mol. The molecule has 98 valence electrons. The van der Waals surface area contributed by atoms with Gasteiger partial charge in [-0.3, -0.25) is 0 Å². The van der Waals surface area contributed by atoms with Gasteiger partial charge in [0, 0.05) is 17.5 Å². The lowest BCUT2D eigenvalue weighted by Crippen LogP contribution is -2.35. The first-order valence-electron chi connectivity index (χ1n) is 6.19. The van der Waals surface area contributed by atoms with Crippen molar-refractivity contribution in [3.05, 3.63) is 35.9 Å². The molecule has 1 aliphatic rings. The lowest BCUT2D eigenvalue weighted by atomic mass is 9.78. The van der Waals surface area contributed by atoms with E-state index >= 15 is 0 Å². The van der Waals surface area contributed by atoms with Gasteiger partial charge in [-0.05, 0) is 31.4 Å². The number of fused-ring (bicyclic) bond motifs is 1. The lowest BCUT2D eigenvalue weighted by molar-refractivity contribution is 0.0284. The smallest absolute Gasteiger partial charge is 0.122 e.